The number of halogens is 1. The Morgan fingerprint density at radius 3 is 2.57 bits per heavy atom. The Morgan fingerprint density at radius 1 is 1.32 bits per heavy atom. The Labute approximate surface area is 168 Å². The first kappa shape index (κ1) is 20.0. The molecule has 8 nitrogen and oxygen atoms in total. The molecule has 28 heavy (non-hydrogen) atoms. The lowest BCUT2D eigenvalue weighted by molar-refractivity contribution is -0.121. The predicted octanol–water partition coefficient (Wildman–Crippen LogP) is 2.70. The summed E-state index contributed by atoms with van der Waals surface area (Å²) in [6, 6.07) is 5.36. The van der Waals surface area contributed by atoms with E-state index in [4.69, 9.17) is 23.1 Å². The van der Waals surface area contributed by atoms with Gasteiger partial charge in [0.2, 0.25) is 5.95 Å². The quantitative estimate of drug-likeness (QED) is 0.558. The zero-order valence-electron chi connectivity index (χ0n) is 15.8. The summed E-state index contributed by atoms with van der Waals surface area (Å²) in [5.74, 6) is -0.0827. The molecule has 6 N–H and O–H groups in total. The second kappa shape index (κ2) is 7.73. The molecule has 2 aromatic rings. The summed E-state index contributed by atoms with van der Waals surface area (Å²) in [5, 5.41) is 6.63. The standard InChI is InChI=1S/C19H23ClN6O2/c1-10(27)19(2,22)14-7-6-12(8-15(14)20)25-18-23-9-13(16(21)28)17(26-18)24-11-4-3-5-11/h6-9,11H,3-5,22H2,1-2H3,(H2,21,28)(H2,23,24,25,26). The normalized spacial score (nSPS) is 16.0. The molecule has 1 atom stereocenters. The van der Waals surface area contributed by atoms with Crippen LogP contribution in [0.1, 0.15) is 49.0 Å². The van der Waals surface area contributed by atoms with Gasteiger partial charge < -0.3 is 22.1 Å². The summed E-state index contributed by atoms with van der Waals surface area (Å²) in [6.45, 7) is 3.04. The van der Waals surface area contributed by atoms with Gasteiger partial charge in [-0.3, -0.25) is 9.59 Å². The average Bonchev–Trinajstić information content (AvgIpc) is 2.57. The van der Waals surface area contributed by atoms with E-state index in [1.165, 1.54) is 13.1 Å². The molecular formula is C19H23ClN6O2. The van der Waals surface area contributed by atoms with Crippen molar-refractivity contribution in [1.29, 1.82) is 0 Å². The highest BCUT2D eigenvalue weighted by Gasteiger charge is 2.29. The van der Waals surface area contributed by atoms with Gasteiger partial charge >= 0.3 is 0 Å². The number of Topliss-reactive ketones (excluding diaryl/α,β-unsaturated/α-hetero) is 1. The number of carbonyl (C=O) groups excluding carboxylic acids is 2. The molecule has 0 spiro atoms. The summed E-state index contributed by atoms with van der Waals surface area (Å²) in [6.07, 6.45) is 4.58. The maximum Gasteiger partial charge on any atom is 0.254 e. The van der Waals surface area contributed by atoms with Crippen molar-refractivity contribution in [3.05, 3.63) is 40.5 Å². The van der Waals surface area contributed by atoms with Crippen LogP contribution in [0.4, 0.5) is 17.5 Å². The van der Waals surface area contributed by atoms with E-state index < -0.39 is 11.4 Å². The third-order valence-electron chi connectivity index (χ3n) is 5.02. The number of aromatic nitrogens is 2. The number of anilines is 3. The van der Waals surface area contributed by atoms with Crippen LogP contribution in [0.15, 0.2) is 24.4 Å². The van der Waals surface area contributed by atoms with Crippen LogP contribution in [-0.2, 0) is 10.3 Å². The SMILES string of the molecule is CC(=O)C(C)(N)c1ccc(Nc2ncc(C(N)=O)c(NC3CCC3)n2)cc1Cl. The van der Waals surface area contributed by atoms with Gasteiger partial charge in [-0.05, 0) is 50.8 Å². The first-order valence-electron chi connectivity index (χ1n) is 8.99. The fraction of sp³-hybridized carbons (Fsp3) is 0.368. The Hall–Kier alpha value is -2.71. The van der Waals surface area contributed by atoms with Crippen LogP contribution < -0.4 is 22.1 Å². The number of carbonyl (C=O) groups is 2. The van der Waals surface area contributed by atoms with E-state index in [9.17, 15) is 9.59 Å². The molecule has 1 fully saturated rings. The molecule has 1 saturated carbocycles. The van der Waals surface area contributed by atoms with Crippen molar-refractivity contribution >= 4 is 40.7 Å². The lowest BCUT2D eigenvalue weighted by Crippen LogP contribution is -2.40. The second-order valence-electron chi connectivity index (χ2n) is 7.17. The minimum Gasteiger partial charge on any atom is -0.367 e. The minimum absolute atomic E-state index is 0.188. The molecule has 1 heterocycles. The van der Waals surface area contributed by atoms with E-state index in [-0.39, 0.29) is 23.3 Å². The minimum atomic E-state index is -1.17. The van der Waals surface area contributed by atoms with E-state index in [0.717, 1.165) is 19.3 Å². The van der Waals surface area contributed by atoms with Crippen LogP contribution in [0, 0.1) is 0 Å². The predicted molar refractivity (Wildman–Crippen MR) is 109 cm³/mol. The van der Waals surface area contributed by atoms with Crippen molar-refractivity contribution in [2.45, 2.75) is 44.7 Å². The molecule has 1 aromatic heterocycles. The summed E-state index contributed by atoms with van der Waals surface area (Å²) in [4.78, 5) is 31.9. The van der Waals surface area contributed by atoms with Crippen molar-refractivity contribution in [1.82, 2.24) is 9.97 Å². The highest BCUT2D eigenvalue weighted by Crippen LogP contribution is 2.31. The van der Waals surface area contributed by atoms with Gasteiger partial charge in [0.25, 0.3) is 5.91 Å². The van der Waals surface area contributed by atoms with Gasteiger partial charge in [0, 0.05) is 22.9 Å². The van der Waals surface area contributed by atoms with Gasteiger partial charge in [0.05, 0.1) is 11.1 Å². The monoisotopic (exact) mass is 402 g/mol. The zero-order valence-corrected chi connectivity index (χ0v) is 16.5. The van der Waals surface area contributed by atoms with Gasteiger partial charge in [-0.25, -0.2) is 4.98 Å². The summed E-state index contributed by atoms with van der Waals surface area (Å²) >= 11 is 6.33. The van der Waals surface area contributed by atoms with Crippen molar-refractivity contribution < 1.29 is 9.59 Å². The smallest absolute Gasteiger partial charge is 0.254 e. The van der Waals surface area contributed by atoms with Crippen molar-refractivity contribution in [2.75, 3.05) is 10.6 Å². The van der Waals surface area contributed by atoms with Crippen LogP contribution in [0.25, 0.3) is 0 Å². The molecule has 1 aliphatic carbocycles. The molecule has 148 valence electrons. The molecule has 1 aliphatic rings. The van der Waals surface area contributed by atoms with Crippen LogP contribution in [0.2, 0.25) is 5.02 Å². The Bertz CT molecular complexity index is 927. The van der Waals surface area contributed by atoms with Crippen LogP contribution in [0.3, 0.4) is 0 Å². The van der Waals surface area contributed by atoms with Crippen molar-refractivity contribution in [2.24, 2.45) is 11.5 Å². The zero-order chi connectivity index (χ0) is 20.5. The average molecular weight is 403 g/mol. The number of hydrogen-bond donors (Lipinski definition) is 4. The Kier molecular flexibility index (Phi) is 5.53. The number of nitrogens with zero attached hydrogens (tertiary/aromatic N) is 2. The number of nitrogens with one attached hydrogen (secondary N) is 2. The molecule has 1 amide bonds. The van der Waals surface area contributed by atoms with Crippen LogP contribution >= 0.6 is 11.6 Å². The number of nitrogens with two attached hydrogens (primary N) is 2. The van der Waals surface area contributed by atoms with Gasteiger partial charge in [-0.15, -0.1) is 0 Å². The summed E-state index contributed by atoms with van der Waals surface area (Å²) in [7, 11) is 0. The van der Waals surface area contributed by atoms with E-state index in [0.29, 0.717) is 22.1 Å². The lowest BCUT2D eigenvalue weighted by atomic mass is 9.89. The van der Waals surface area contributed by atoms with Crippen LogP contribution in [0.5, 0.6) is 0 Å². The molecule has 1 aromatic carbocycles. The summed E-state index contributed by atoms with van der Waals surface area (Å²) in [5.41, 5.74) is 11.7. The summed E-state index contributed by atoms with van der Waals surface area (Å²) < 4.78 is 0. The second-order valence-corrected chi connectivity index (χ2v) is 7.58. The number of amides is 1. The highest BCUT2D eigenvalue weighted by molar-refractivity contribution is 6.32. The number of benzene rings is 1. The first-order valence-corrected chi connectivity index (χ1v) is 9.36. The van der Waals surface area contributed by atoms with Gasteiger partial charge in [-0.1, -0.05) is 17.7 Å². The fourth-order valence-electron chi connectivity index (χ4n) is 2.81. The van der Waals surface area contributed by atoms with Gasteiger partial charge in [-0.2, -0.15) is 4.98 Å². The first-order chi connectivity index (χ1) is 13.2. The fourth-order valence-corrected chi connectivity index (χ4v) is 3.19. The highest BCUT2D eigenvalue weighted by atomic mass is 35.5. The van der Waals surface area contributed by atoms with E-state index in [2.05, 4.69) is 20.6 Å². The van der Waals surface area contributed by atoms with E-state index >= 15 is 0 Å². The van der Waals surface area contributed by atoms with Gasteiger partial charge in [0.15, 0.2) is 5.78 Å². The van der Waals surface area contributed by atoms with E-state index in [1.54, 1.807) is 25.1 Å². The number of primary amides is 1. The van der Waals surface area contributed by atoms with Crippen LogP contribution in [-0.4, -0.2) is 27.7 Å². The molecule has 0 bridgehead atoms. The molecule has 0 aliphatic heterocycles. The Balaban J connectivity index is 1.85. The molecule has 0 radical (unpaired) electrons. The molecule has 9 heteroatoms. The molecular weight excluding hydrogens is 380 g/mol. The van der Waals surface area contributed by atoms with Crippen molar-refractivity contribution in [3.63, 3.8) is 0 Å². The molecule has 1 unspecified atom stereocenters. The number of rotatable bonds is 7. The van der Waals surface area contributed by atoms with E-state index in [1.807, 2.05) is 0 Å². The third-order valence-corrected chi connectivity index (χ3v) is 5.33. The molecule has 3 rings (SSSR count). The Morgan fingerprint density at radius 2 is 2.04 bits per heavy atom. The number of ketones is 1. The third kappa shape index (κ3) is 4.07. The lowest BCUT2D eigenvalue weighted by Gasteiger charge is -2.27. The maximum absolute atomic E-state index is 11.8. The largest absolute Gasteiger partial charge is 0.367 e. The van der Waals surface area contributed by atoms with Crippen molar-refractivity contribution in [3.8, 4) is 0 Å². The maximum atomic E-state index is 11.8. The van der Waals surface area contributed by atoms with Gasteiger partial charge in [0.1, 0.15) is 5.82 Å². The molecule has 0 saturated heterocycles. The topological polar surface area (TPSA) is 136 Å². The number of hydrogen-bond acceptors (Lipinski definition) is 7.